The molecule has 118 valence electrons. The van der Waals surface area contributed by atoms with Crippen molar-refractivity contribution in [2.45, 2.75) is 19.2 Å². The fraction of sp³-hybridized carbons (Fsp3) is 0.429. The van der Waals surface area contributed by atoms with Crippen LogP contribution in [0.3, 0.4) is 0 Å². The van der Waals surface area contributed by atoms with E-state index in [1.165, 1.54) is 4.90 Å². The number of rotatable bonds is 1. The topological polar surface area (TPSA) is 58.2 Å². The van der Waals surface area contributed by atoms with E-state index in [1.54, 1.807) is 25.1 Å². The molecule has 2 aromatic rings. The number of aromatic nitrogens is 2. The highest BCUT2D eigenvalue weighted by Gasteiger charge is 2.44. The molecule has 0 bridgehead atoms. The van der Waals surface area contributed by atoms with Gasteiger partial charge in [0.05, 0.1) is 24.2 Å². The third-order valence-corrected chi connectivity index (χ3v) is 3.58. The highest BCUT2D eigenvalue weighted by molar-refractivity contribution is 6.04. The Morgan fingerprint density at radius 1 is 1.45 bits per heavy atom. The van der Waals surface area contributed by atoms with Gasteiger partial charge in [0.1, 0.15) is 11.3 Å². The molecule has 2 heterocycles. The molecule has 0 spiro atoms. The van der Waals surface area contributed by atoms with Crippen LogP contribution in [0.4, 0.5) is 13.2 Å². The molecule has 1 fully saturated rings. The van der Waals surface area contributed by atoms with Crippen molar-refractivity contribution in [1.29, 1.82) is 0 Å². The van der Waals surface area contributed by atoms with Crippen LogP contribution in [-0.2, 0) is 4.74 Å². The molecular weight excluding hydrogens is 299 g/mol. The third kappa shape index (κ3) is 2.66. The van der Waals surface area contributed by atoms with Gasteiger partial charge in [0.2, 0.25) is 0 Å². The Hall–Kier alpha value is -2.09. The lowest BCUT2D eigenvalue weighted by atomic mass is 10.1. The minimum Gasteiger partial charge on any atom is -0.365 e. The van der Waals surface area contributed by atoms with E-state index in [-0.39, 0.29) is 13.2 Å². The number of H-pyrrole nitrogens is 1. The SMILES string of the molecule is Cc1nc2c(C(=O)N3CCO[C@@H](C(F)(F)F)C3)cccc2[nH]1. The van der Waals surface area contributed by atoms with Crippen LogP contribution in [0.5, 0.6) is 0 Å². The van der Waals surface area contributed by atoms with Gasteiger partial charge in [0.15, 0.2) is 6.10 Å². The van der Waals surface area contributed by atoms with Crippen molar-refractivity contribution < 1.29 is 22.7 Å². The van der Waals surface area contributed by atoms with Crippen LogP contribution < -0.4 is 0 Å². The van der Waals surface area contributed by atoms with Gasteiger partial charge in [-0.3, -0.25) is 4.79 Å². The summed E-state index contributed by atoms with van der Waals surface area (Å²) in [5, 5.41) is 0. The highest BCUT2D eigenvalue weighted by Crippen LogP contribution is 2.27. The fourth-order valence-electron chi connectivity index (χ4n) is 2.53. The number of carbonyl (C=O) groups is 1. The Morgan fingerprint density at radius 2 is 2.23 bits per heavy atom. The predicted molar refractivity (Wildman–Crippen MR) is 72.5 cm³/mol. The molecule has 1 aromatic carbocycles. The number of aromatic amines is 1. The van der Waals surface area contributed by atoms with Gasteiger partial charge in [0.25, 0.3) is 5.91 Å². The first-order valence-electron chi connectivity index (χ1n) is 6.79. The molecule has 1 aliphatic heterocycles. The average molecular weight is 313 g/mol. The van der Waals surface area contributed by atoms with Crippen molar-refractivity contribution in [3.8, 4) is 0 Å². The lowest BCUT2D eigenvalue weighted by molar-refractivity contribution is -0.233. The molecule has 5 nitrogen and oxygen atoms in total. The quantitative estimate of drug-likeness (QED) is 0.878. The van der Waals surface area contributed by atoms with E-state index in [1.807, 2.05) is 0 Å². The van der Waals surface area contributed by atoms with E-state index >= 15 is 0 Å². The van der Waals surface area contributed by atoms with E-state index in [2.05, 4.69) is 9.97 Å². The predicted octanol–water partition coefficient (Wildman–Crippen LogP) is 2.27. The molecule has 3 rings (SSSR count). The number of fused-ring (bicyclic) bond motifs is 1. The van der Waals surface area contributed by atoms with Gasteiger partial charge < -0.3 is 14.6 Å². The van der Waals surface area contributed by atoms with E-state index < -0.39 is 24.7 Å². The average Bonchev–Trinajstić information content (AvgIpc) is 2.85. The number of aryl methyl sites for hydroxylation is 1. The lowest BCUT2D eigenvalue weighted by Crippen LogP contribution is -2.51. The summed E-state index contributed by atoms with van der Waals surface area (Å²) in [6.07, 6.45) is -6.42. The summed E-state index contributed by atoms with van der Waals surface area (Å²) in [6, 6.07) is 5.02. The molecule has 0 aliphatic carbocycles. The number of carbonyl (C=O) groups excluding carboxylic acids is 1. The number of benzene rings is 1. The zero-order valence-electron chi connectivity index (χ0n) is 11.8. The molecule has 1 amide bonds. The molecular formula is C14H14F3N3O2. The van der Waals surface area contributed by atoms with Gasteiger partial charge in [-0.15, -0.1) is 0 Å². The zero-order valence-corrected chi connectivity index (χ0v) is 11.8. The third-order valence-electron chi connectivity index (χ3n) is 3.58. The summed E-state index contributed by atoms with van der Waals surface area (Å²) >= 11 is 0. The number of imidazole rings is 1. The van der Waals surface area contributed by atoms with Crippen LogP contribution in [0, 0.1) is 6.92 Å². The first kappa shape index (κ1) is 14.8. The summed E-state index contributed by atoms with van der Waals surface area (Å²) in [4.78, 5) is 21.0. The Balaban J connectivity index is 1.89. The minimum absolute atomic E-state index is 0.130. The number of ether oxygens (including phenoxy) is 1. The van der Waals surface area contributed by atoms with Crippen LogP contribution in [0.25, 0.3) is 11.0 Å². The number of hydrogen-bond acceptors (Lipinski definition) is 3. The molecule has 0 radical (unpaired) electrons. The highest BCUT2D eigenvalue weighted by atomic mass is 19.4. The van der Waals surface area contributed by atoms with E-state index in [9.17, 15) is 18.0 Å². The summed E-state index contributed by atoms with van der Waals surface area (Å²) in [5.41, 5.74) is 1.45. The van der Waals surface area contributed by atoms with Crippen molar-refractivity contribution >= 4 is 16.9 Å². The maximum absolute atomic E-state index is 12.8. The van der Waals surface area contributed by atoms with E-state index in [0.29, 0.717) is 22.4 Å². The van der Waals surface area contributed by atoms with Gasteiger partial charge in [-0.2, -0.15) is 13.2 Å². The van der Waals surface area contributed by atoms with Crippen LogP contribution in [0.15, 0.2) is 18.2 Å². The standard InChI is InChI=1S/C14H14F3N3O2/c1-8-18-10-4-2-3-9(12(10)19-8)13(21)20-5-6-22-11(7-20)14(15,16)17/h2-4,11H,5-7H2,1H3,(H,18,19)/t11-/m1/s1. The van der Waals surface area contributed by atoms with E-state index in [4.69, 9.17) is 4.74 Å². The van der Waals surface area contributed by atoms with Gasteiger partial charge in [0, 0.05) is 6.54 Å². The molecule has 1 aliphatic rings. The number of para-hydroxylation sites is 1. The second-order valence-electron chi connectivity index (χ2n) is 5.18. The summed E-state index contributed by atoms with van der Waals surface area (Å²) in [6.45, 7) is 1.25. The Bertz CT molecular complexity index is 711. The van der Waals surface area contributed by atoms with Crippen molar-refractivity contribution in [1.82, 2.24) is 14.9 Å². The summed E-state index contributed by atoms with van der Waals surface area (Å²) < 4.78 is 43.0. The molecule has 1 atom stereocenters. The zero-order chi connectivity index (χ0) is 15.9. The Morgan fingerprint density at radius 3 is 2.95 bits per heavy atom. The minimum atomic E-state index is -4.48. The first-order valence-corrected chi connectivity index (χ1v) is 6.79. The second kappa shape index (κ2) is 5.28. The first-order chi connectivity index (χ1) is 10.4. The van der Waals surface area contributed by atoms with Crippen molar-refractivity contribution in [3.63, 3.8) is 0 Å². The number of nitrogens with zero attached hydrogens (tertiary/aromatic N) is 2. The number of nitrogens with one attached hydrogen (secondary N) is 1. The van der Waals surface area contributed by atoms with Gasteiger partial charge in [-0.1, -0.05) is 6.07 Å². The molecule has 1 aromatic heterocycles. The number of amides is 1. The van der Waals surface area contributed by atoms with Gasteiger partial charge >= 0.3 is 6.18 Å². The maximum Gasteiger partial charge on any atom is 0.416 e. The number of morpholine rings is 1. The molecule has 22 heavy (non-hydrogen) atoms. The monoisotopic (exact) mass is 313 g/mol. The normalized spacial score (nSPS) is 19.6. The molecule has 1 saturated heterocycles. The number of hydrogen-bond donors (Lipinski definition) is 1. The lowest BCUT2D eigenvalue weighted by Gasteiger charge is -2.33. The van der Waals surface area contributed by atoms with Crippen LogP contribution in [0.1, 0.15) is 16.2 Å². The summed E-state index contributed by atoms with van der Waals surface area (Å²) in [7, 11) is 0. The van der Waals surface area contributed by atoms with Crippen molar-refractivity contribution in [2.75, 3.05) is 19.7 Å². The van der Waals surface area contributed by atoms with Gasteiger partial charge in [-0.25, -0.2) is 4.98 Å². The molecule has 0 saturated carbocycles. The fourth-order valence-corrected chi connectivity index (χ4v) is 2.53. The van der Waals surface area contributed by atoms with E-state index in [0.717, 1.165) is 0 Å². The Labute approximate surface area is 124 Å². The van der Waals surface area contributed by atoms with Crippen LogP contribution in [-0.4, -0.2) is 52.8 Å². The number of halogens is 3. The largest absolute Gasteiger partial charge is 0.416 e. The van der Waals surface area contributed by atoms with Crippen LogP contribution >= 0.6 is 0 Å². The van der Waals surface area contributed by atoms with Crippen molar-refractivity contribution in [2.24, 2.45) is 0 Å². The smallest absolute Gasteiger partial charge is 0.365 e. The summed E-state index contributed by atoms with van der Waals surface area (Å²) in [5.74, 6) is 0.181. The molecule has 0 unspecified atom stereocenters. The van der Waals surface area contributed by atoms with Crippen molar-refractivity contribution in [3.05, 3.63) is 29.6 Å². The number of alkyl halides is 3. The Kier molecular flexibility index (Phi) is 3.56. The second-order valence-corrected chi connectivity index (χ2v) is 5.18. The van der Waals surface area contributed by atoms with Crippen LogP contribution in [0.2, 0.25) is 0 Å². The molecule has 1 N–H and O–H groups in total. The molecule has 8 heteroatoms. The van der Waals surface area contributed by atoms with Gasteiger partial charge in [-0.05, 0) is 19.1 Å². The maximum atomic E-state index is 12.8.